The van der Waals surface area contributed by atoms with E-state index in [0.29, 0.717) is 5.02 Å². The highest BCUT2D eigenvalue weighted by molar-refractivity contribution is 6.32. The van der Waals surface area contributed by atoms with E-state index < -0.39 is 0 Å². The van der Waals surface area contributed by atoms with Crippen molar-refractivity contribution in [3.8, 4) is 5.75 Å². The Kier molecular flexibility index (Phi) is 6.44. The number of carbonyl (C=O) groups is 1. The minimum absolute atomic E-state index is 0.169. The van der Waals surface area contributed by atoms with Gasteiger partial charge in [-0.05, 0) is 53.8 Å². The molecular formula is C20H22ClNO2. The van der Waals surface area contributed by atoms with Crippen molar-refractivity contribution in [1.82, 2.24) is 0 Å². The van der Waals surface area contributed by atoms with Crippen LogP contribution >= 0.6 is 11.6 Å². The molecule has 0 aliphatic rings. The van der Waals surface area contributed by atoms with Crippen LogP contribution in [0.5, 0.6) is 5.75 Å². The summed E-state index contributed by atoms with van der Waals surface area (Å²) in [5.74, 6) is 0.619. The number of carbonyl (C=O) groups excluding carboxylic acids is 1. The molecule has 2 aromatic rings. The number of methoxy groups -OCH3 is 1. The molecule has 0 heterocycles. The second-order valence-corrected chi connectivity index (χ2v) is 5.77. The monoisotopic (exact) mass is 343 g/mol. The molecule has 24 heavy (non-hydrogen) atoms. The standard InChI is InChI=1S/C20H22ClNO2/c1-4-15-9-12-18(21)17(5-2)20(15)22-19(23)13-8-14-6-10-16(24-3)11-7-14/h6-13H,4-5H2,1-3H3,(H,22,23)/b13-8+. The lowest BCUT2D eigenvalue weighted by Crippen LogP contribution is -2.12. The predicted molar refractivity (Wildman–Crippen MR) is 101 cm³/mol. The summed E-state index contributed by atoms with van der Waals surface area (Å²) in [7, 11) is 1.62. The van der Waals surface area contributed by atoms with Gasteiger partial charge in [0.2, 0.25) is 5.91 Å². The van der Waals surface area contributed by atoms with Gasteiger partial charge in [-0.25, -0.2) is 0 Å². The van der Waals surface area contributed by atoms with Crippen LogP contribution in [-0.2, 0) is 17.6 Å². The quantitative estimate of drug-likeness (QED) is 0.739. The number of halogens is 1. The van der Waals surface area contributed by atoms with Crippen molar-refractivity contribution in [2.24, 2.45) is 0 Å². The number of aryl methyl sites for hydroxylation is 1. The lowest BCUT2D eigenvalue weighted by molar-refractivity contribution is -0.111. The fourth-order valence-electron chi connectivity index (χ4n) is 2.52. The van der Waals surface area contributed by atoms with E-state index in [2.05, 4.69) is 12.2 Å². The SMILES string of the molecule is CCc1ccc(Cl)c(CC)c1NC(=O)/C=C/c1ccc(OC)cc1. The first-order chi connectivity index (χ1) is 11.6. The Morgan fingerprint density at radius 1 is 1.12 bits per heavy atom. The Morgan fingerprint density at radius 2 is 1.83 bits per heavy atom. The van der Waals surface area contributed by atoms with Crippen LogP contribution in [0.1, 0.15) is 30.5 Å². The van der Waals surface area contributed by atoms with Crippen LogP contribution in [-0.4, -0.2) is 13.0 Å². The molecule has 0 unspecified atom stereocenters. The van der Waals surface area contributed by atoms with E-state index in [0.717, 1.165) is 41.0 Å². The molecule has 2 rings (SSSR count). The Hall–Kier alpha value is -2.26. The highest BCUT2D eigenvalue weighted by Crippen LogP contribution is 2.29. The lowest BCUT2D eigenvalue weighted by atomic mass is 10.0. The zero-order valence-corrected chi connectivity index (χ0v) is 15.0. The molecule has 0 atom stereocenters. The summed E-state index contributed by atoms with van der Waals surface area (Å²) in [4.78, 5) is 12.3. The van der Waals surface area contributed by atoms with Crippen LogP contribution < -0.4 is 10.1 Å². The maximum absolute atomic E-state index is 12.3. The second-order valence-electron chi connectivity index (χ2n) is 5.36. The van der Waals surface area contributed by atoms with Crippen molar-refractivity contribution < 1.29 is 9.53 Å². The van der Waals surface area contributed by atoms with Crippen LogP contribution in [0.25, 0.3) is 6.08 Å². The van der Waals surface area contributed by atoms with Crippen molar-refractivity contribution in [1.29, 1.82) is 0 Å². The zero-order valence-electron chi connectivity index (χ0n) is 14.2. The Labute approximate surface area is 148 Å². The van der Waals surface area contributed by atoms with Crippen molar-refractivity contribution in [2.75, 3.05) is 12.4 Å². The number of benzene rings is 2. The van der Waals surface area contributed by atoms with E-state index >= 15 is 0 Å². The highest BCUT2D eigenvalue weighted by atomic mass is 35.5. The largest absolute Gasteiger partial charge is 0.497 e. The van der Waals surface area contributed by atoms with Crippen molar-refractivity contribution in [3.05, 3.63) is 64.2 Å². The summed E-state index contributed by atoms with van der Waals surface area (Å²) in [6, 6.07) is 11.4. The van der Waals surface area contributed by atoms with Gasteiger partial charge in [0.05, 0.1) is 7.11 Å². The first-order valence-electron chi connectivity index (χ1n) is 8.02. The molecule has 0 bridgehead atoms. The van der Waals surface area contributed by atoms with E-state index in [4.69, 9.17) is 16.3 Å². The Bertz CT molecular complexity index is 736. The molecule has 1 N–H and O–H groups in total. The maximum Gasteiger partial charge on any atom is 0.248 e. The van der Waals surface area contributed by atoms with E-state index in [1.54, 1.807) is 13.2 Å². The summed E-state index contributed by atoms with van der Waals surface area (Å²) in [5.41, 5.74) is 3.82. The summed E-state index contributed by atoms with van der Waals surface area (Å²) in [6.07, 6.45) is 4.91. The number of ether oxygens (including phenoxy) is 1. The smallest absolute Gasteiger partial charge is 0.248 e. The van der Waals surface area contributed by atoms with Crippen LogP contribution in [0.3, 0.4) is 0 Å². The molecule has 4 heteroatoms. The Balaban J connectivity index is 2.17. The third-order valence-corrected chi connectivity index (χ3v) is 4.22. The van der Waals surface area contributed by atoms with E-state index in [-0.39, 0.29) is 5.91 Å². The summed E-state index contributed by atoms with van der Waals surface area (Å²) in [6.45, 7) is 4.09. The summed E-state index contributed by atoms with van der Waals surface area (Å²) in [5, 5.41) is 3.66. The van der Waals surface area contributed by atoms with Crippen LogP contribution in [0.4, 0.5) is 5.69 Å². The van der Waals surface area contributed by atoms with Crippen molar-refractivity contribution >= 4 is 29.3 Å². The molecular weight excluding hydrogens is 322 g/mol. The number of hydrogen-bond acceptors (Lipinski definition) is 2. The molecule has 0 spiro atoms. The summed E-state index contributed by atoms with van der Waals surface area (Å²) >= 11 is 6.26. The summed E-state index contributed by atoms with van der Waals surface area (Å²) < 4.78 is 5.12. The van der Waals surface area contributed by atoms with Gasteiger partial charge in [0.15, 0.2) is 0 Å². The molecule has 0 fully saturated rings. The molecule has 0 saturated carbocycles. The molecule has 0 aliphatic carbocycles. The molecule has 3 nitrogen and oxygen atoms in total. The average molecular weight is 344 g/mol. The van der Waals surface area contributed by atoms with E-state index in [1.807, 2.05) is 43.3 Å². The van der Waals surface area contributed by atoms with Gasteiger partial charge in [-0.15, -0.1) is 0 Å². The van der Waals surface area contributed by atoms with Gasteiger partial charge < -0.3 is 10.1 Å². The van der Waals surface area contributed by atoms with E-state index in [1.165, 1.54) is 6.08 Å². The predicted octanol–water partition coefficient (Wildman–Crippen LogP) is 5.13. The van der Waals surface area contributed by atoms with Gasteiger partial charge in [0.25, 0.3) is 0 Å². The third-order valence-electron chi connectivity index (χ3n) is 3.87. The number of hydrogen-bond donors (Lipinski definition) is 1. The maximum atomic E-state index is 12.3. The first kappa shape index (κ1) is 18.1. The number of rotatable bonds is 6. The molecule has 0 saturated heterocycles. The van der Waals surface area contributed by atoms with E-state index in [9.17, 15) is 4.79 Å². The number of nitrogens with one attached hydrogen (secondary N) is 1. The van der Waals surface area contributed by atoms with Gasteiger partial charge in [-0.3, -0.25) is 4.79 Å². The highest BCUT2D eigenvalue weighted by Gasteiger charge is 2.11. The Morgan fingerprint density at radius 3 is 2.42 bits per heavy atom. The zero-order chi connectivity index (χ0) is 17.5. The normalized spacial score (nSPS) is 10.8. The van der Waals surface area contributed by atoms with Gasteiger partial charge >= 0.3 is 0 Å². The van der Waals surface area contributed by atoms with Gasteiger partial charge in [0.1, 0.15) is 5.75 Å². The van der Waals surface area contributed by atoms with Crippen LogP contribution in [0.15, 0.2) is 42.5 Å². The van der Waals surface area contributed by atoms with Gasteiger partial charge in [0, 0.05) is 16.8 Å². The number of anilines is 1. The second kappa shape index (κ2) is 8.55. The molecule has 1 amide bonds. The topological polar surface area (TPSA) is 38.3 Å². The van der Waals surface area contributed by atoms with Crippen LogP contribution in [0, 0.1) is 0 Å². The van der Waals surface area contributed by atoms with Gasteiger partial charge in [-0.1, -0.05) is 43.6 Å². The third kappa shape index (κ3) is 4.39. The first-order valence-corrected chi connectivity index (χ1v) is 8.40. The van der Waals surface area contributed by atoms with Gasteiger partial charge in [-0.2, -0.15) is 0 Å². The molecule has 0 aliphatic heterocycles. The van der Waals surface area contributed by atoms with Crippen molar-refractivity contribution in [3.63, 3.8) is 0 Å². The molecule has 2 aromatic carbocycles. The fraction of sp³-hybridized carbons (Fsp3) is 0.250. The molecule has 0 aromatic heterocycles. The van der Waals surface area contributed by atoms with Crippen LogP contribution in [0.2, 0.25) is 5.02 Å². The fourth-order valence-corrected chi connectivity index (χ4v) is 2.81. The average Bonchev–Trinajstić information content (AvgIpc) is 2.61. The van der Waals surface area contributed by atoms with Crippen molar-refractivity contribution in [2.45, 2.75) is 26.7 Å². The minimum Gasteiger partial charge on any atom is -0.497 e. The number of amides is 1. The minimum atomic E-state index is -0.169. The molecule has 126 valence electrons. The molecule has 0 radical (unpaired) electrons. The lowest BCUT2D eigenvalue weighted by Gasteiger charge is -2.15.